The molecule has 0 saturated heterocycles. The van der Waals surface area contributed by atoms with Crippen LogP contribution in [0.2, 0.25) is 38.3 Å². The van der Waals surface area contributed by atoms with Gasteiger partial charge in [-0.2, -0.15) is 0 Å². The van der Waals surface area contributed by atoms with Crippen LogP contribution in [0.1, 0.15) is 25.7 Å². The summed E-state index contributed by atoms with van der Waals surface area (Å²) in [4.78, 5) is 0. The van der Waals surface area contributed by atoms with Gasteiger partial charge < -0.3 is 13.6 Å². The molecular weight excluding hydrogens is 272 g/mol. The topological polar surface area (TPSA) is 27.7 Å². The van der Waals surface area contributed by atoms with E-state index in [-0.39, 0.29) is 0 Å². The maximum atomic E-state index is 6.58. The molecule has 0 aliphatic heterocycles. The maximum absolute atomic E-state index is 6.58. The van der Waals surface area contributed by atoms with Gasteiger partial charge in [0.2, 0.25) is 0 Å². The van der Waals surface area contributed by atoms with E-state index in [1.165, 1.54) is 24.9 Å². The molecule has 0 rings (SSSR count). The molecule has 0 amide bonds. The first-order chi connectivity index (χ1) is 8.83. The lowest BCUT2D eigenvalue weighted by Gasteiger charge is -2.34. The Morgan fingerprint density at radius 2 is 1.00 bits per heavy atom. The largest absolute Gasteiger partial charge is 0.455 e. The standard InChI is InChI=1S/C14H34O3Si2/c1-15-11-7-9-13-18(3,4)17-19(5,6)14-10-8-12-16-2/h7-14H2,1-6H3. The molecule has 0 radical (unpaired) electrons. The summed E-state index contributed by atoms with van der Waals surface area (Å²) >= 11 is 0. The van der Waals surface area contributed by atoms with E-state index in [2.05, 4.69) is 26.2 Å². The third-order valence-electron chi connectivity index (χ3n) is 3.31. The minimum Gasteiger partial charge on any atom is -0.455 e. The number of rotatable bonds is 12. The van der Waals surface area contributed by atoms with Crippen molar-refractivity contribution in [2.24, 2.45) is 0 Å². The van der Waals surface area contributed by atoms with Gasteiger partial charge in [-0.3, -0.25) is 0 Å². The third-order valence-corrected chi connectivity index (χ3v) is 10.8. The van der Waals surface area contributed by atoms with Gasteiger partial charge in [-0.05, 0) is 51.1 Å². The molecule has 0 spiro atoms. The van der Waals surface area contributed by atoms with Crippen molar-refractivity contribution in [2.45, 2.75) is 64.0 Å². The maximum Gasteiger partial charge on any atom is 0.173 e. The Kier molecular flexibility index (Phi) is 10.3. The normalized spacial score (nSPS) is 12.9. The Labute approximate surface area is 122 Å². The average Bonchev–Trinajstić information content (AvgIpc) is 2.29. The van der Waals surface area contributed by atoms with Crippen LogP contribution in [0, 0.1) is 0 Å². The fraction of sp³-hybridized carbons (Fsp3) is 1.00. The summed E-state index contributed by atoms with van der Waals surface area (Å²) in [7, 11) is 0.581. The van der Waals surface area contributed by atoms with Crippen LogP contribution < -0.4 is 0 Å². The molecule has 0 aliphatic carbocycles. The van der Waals surface area contributed by atoms with Crippen molar-refractivity contribution in [3.05, 3.63) is 0 Å². The molecule has 0 aromatic carbocycles. The van der Waals surface area contributed by atoms with Crippen molar-refractivity contribution in [1.82, 2.24) is 0 Å². The predicted molar refractivity (Wildman–Crippen MR) is 87.9 cm³/mol. The molecule has 0 atom stereocenters. The van der Waals surface area contributed by atoms with Crippen LogP contribution >= 0.6 is 0 Å². The Morgan fingerprint density at radius 1 is 0.632 bits per heavy atom. The molecule has 0 aromatic rings. The fourth-order valence-corrected chi connectivity index (χ4v) is 11.4. The zero-order chi connectivity index (χ0) is 14.8. The SMILES string of the molecule is COCCCC[Si](C)(C)O[Si](C)(C)CCCCOC. The number of hydrogen-bond acceptors (Lipinski definition) is 3. The molecule has 3 nitrogen and oxygen atoms in total. The first kappa shape index (κ1) is 19.3. The van der Waals surface area contributed by atoms with Crippen LogP contribution in [0.4, 0.5) is 0 Å². The summed E-state index contributed by atoms with van der Waals surface area (Å²) in [5.41, 5.74) is 0. The Balaban J connectivity index is 3.93. The Morgan fingerprint density at radius 3 is 1.32 bits per heavy atom. The third kappa shape index (κ3) is 11.8. The molecule has 0 aromatic heterocycles. The fourth-order valence-electron chi connectivity index (χ4n) is 2.44. The molecule has 0 N–H and O–H groups in total. The molecule has 116 valence electrons. The lowest BCUT2D eigenvalue weighted by Crippen LogP contribution is -2.44. The van der Waals surface area contributed by atoms with Gasteiger partial charge in [-0.25, -0.2) is 0 Å². The van der Waals surface area contributed by atoms with Gasteiger partial charge in [0.1, 0.15) is 0 Å². The van der Waals surface area contributed by atoms with E-state index in [0.717, 1.165) is 26.1 Å². The van der Waals surface area contributed by atoms with Crippen molar-refractivity contribution in [3.63, 3.8) is 0 Å². The highest BCUT2D eigenvalue weighted by atomic mass is 28.4. The van der Waals surface area contributed by atoms with Gasteiger partial charge in [0.25, 0.3) is 0 Å². The molecule has 0 aliphatic rings. The van der Waals surface area contributed by atoms with E-state index in [4.69, 9.17) is 13.6 Å². The van der Waals surface area contributed by atoms with Crippen molar-refractivity contribution in [1.29, 1.82) is 0 Å². The Hall–Kier alpha value is 0.314. The van der Waals surface area contributed by atoms with Crippen molar-refractivity contribution >= 4 is 16.6 Å². The van der Waals surface area contributed by atoms with Crippen LogP contribution in [0.25, 0.3) is 0 Å². The number of ether oxygens (including phenoxy) is 2. The van der Waals surface area contributed by atoms with E-state index in [1.54, 1.807) is 14.2 Å². The highest BCUT2D eigenvalue weighted by molar-refractivity contribution is 6.84. The van der Waals surface area contributed by atoms with Gasteiger partial charge in [-0.1, -0.05) is 12.8 Å². The lowest BCUT2D eigenvalue weighted by atomic mass is 10.4. The van der Waals surface area contributed by atoms with Crippen LogP contribution in [0.5, 0.6) is 0 Å². The quantitative estimate of drug-likeness (QED) is 0.398. The molecule has 0 unspecified atom stereocenters. The van der Waals surface area contributed by atoms with E-state index in [1.807, 2.05) is 0 Å². The van der Waals surface area contributed by atoms with E-state index < -0.39 is 16.6 Å². The number of unbranched alkanes of at least 4 members (excludes halogenated alkanes) is 2. The zero-order valence-corrected chi connectivity index (χ0v) is 15.9. The van der Waals surface area contributed by atoms with Crippen molar-refractivity contribution in [2.75, 3.05) is 27.4 Å². The molecule has 0 bridgehead atoms. The summed E-state index contributed by atoms with van der Waals surface area (Å²) in [6.07, 6.45) is 4.79. The van der Waals surface area contributed by atoms with Crippen LogP contribution in [-0.4, -0.2) is 44.1 Å². The van der Waals surface area contributed by atoms with Crippen molar-refractivity contribution in [3.8, 4) is 0 Å². The minimum atomic E-state index is -1.48. The summed E-state index contributed by atoms with van der Waals surface area (Å²) in [6, 6.07) is 2.51. The van der Waals surface area contributed by atoms with E-state index in [0.29, 0.717) is 0 Å². The predicted octanol–water partition coefficient (Wildman–Crippen LogP) is 4.27. The molecule has 0 saturated carbocycles. The van der Waals surface area contributed by atoms with Gasteiger partial charge in [-0.15, -0.1) is 0 Å². The van der Waals surface area contributed by atoms with Gasteiger partial charge >= 0.3 is 0 Å². The second kappa shape index (κ2) is 10.1. The Bertz CT molecular complexity index is 199. The molecule has 0 fully saturated rings. The van der Waals surface area contributed by atoms with Gasteiger partial charge in [0, 0.05) is 27.4 Å². The van der Waals surface area contributed by atoms with E-state index >= 15 is 0 Å². The first-order valence-corrected chi connectivity index (χ1v) is 13.7. The van der Waals surface area contributed by atoms with Crippen LogP contribution in [-0.2, 0) is 13.6 Å². The molecular formula is C14H34O3Si2. The smallest absolute Gasteiger partial charge is 0.173 e. The first-order valence-electron chi connectivity index (χ1n) is 7.51. The summed E-state index contributed by atoms with van der Waals surface area (Å²) in [5.74, 6) is 0. The highest BCUT2D eigenvalue weighted by Gasteiger charge is 2.31. The monoisotopic (exact) mass is 306 g/mol. The number of methoxy groups -OCH3 is 2. The van der Waals surface area contributed by atoms with Gasteiger partial charge in [0.05, 0.1) is 0 Å². The molecule has 19 heavy (non-hydrogen) atoms. The lowest BCUT2D eigenvalue weighted by molar-refractivity contribution is 0.193. The summed E-state index contributed by atoms with van der Waals surface area (Å²) in [6.45, 7) is 11.2. The van der Waals surface area contributed by atoms with Crippen LogP contribution in [0.15, 0.2) is 0 Å². The summed E-state index contributed by atoms with van der Waals surface area (Å²) in [5, 5.41) is 0. The molecule has 0 heterocycles. The van der Waals surface area contributed by atoms with Gasteiger partial charge in [0.15, 0.2) is 16.6 Å². The summed E-state index contributed by atoms with van der Waals surface area (Å²) < 4.78 is 16.8. The molecule has 5 heteroatoms. The van der Waals surface area contributed by atoms with E-state index in [9.17, 15) is 0 Å². The van der Waals surface area contributed by atoms with Crippen LogP contribution in [0.3, 0.4) is 0 Å². The second-order valence-electron chi connectivity index (χ2n) is 6.52. The average molecular weight is 307 g/mol. The minimum absolute atomic E-state index is 0.877. The second-order valence-corrected chi connectivity index (χ2v) is 15.4. The zero-order valence-electron chi connectivity index (χ0n) is 13.9. The number of hydrogen-bond donors (Lipinski definition) is 0. The van der Waals surface area contributed by atoms with Crippen molar-refractivity contribution < 1.29 is 13.6 Å². The highest BCUT2D eigenvalue weighted by Crippen LogP contribution is 2.24.